The van der Waals surface area contributed by atoms with Gasteiger partial charge in [-0.05, 0) is 28.8 Å². The molecule has 0 atom stereocenters. The van der Waals surface area contributed by atoms with Crippen molar-refractivity contribution in [1.82, 2.24) is 5.32 Å². The van der Waals surface area contributed by atoms with Crippen LogP contribution < -0.4 is 5.32 Å². The van der Waals surface area contributed by atoms with E-state index in [2.05, 4.69) is 5.32 Å². The zero-order valence-corrected chi connectivity index (χ0v) is 11.2. The Morgan fingerprint density at radius 2 is 2.00 bits per heavy atom. The molecular formula is C15H14ClNO2. The van der Waals surface area contributed by atoms with Crippen LogP contribution in [0.25, 0.3) is 11.1 Å². The third-order valence-electron chi connectivity index (χ3n) is 2.94. The lowest BCUT2D eigenvalue weighted by Gasteiger charge is -2.10. The number of aliphatic hydroxyl groups is 1. The molecule has 0 aliphatic heterocycles. The number of benzene rings is 2. The van der Waals surface area contributed by atoms with Crippen molar-refractivity contribution >= 4 is 17.5 Å². The summed E-state index contributed by atoms with van der Waals surface area (Å²) in [6.07, 6.45) is 0. The number of rotatable bonds is 3. The first kappa shape index (κ1) is 13.6. The highest BCUT2D eigenvalue weighted by Gasteiger charge is 2.11. The maximum absolute atomic E-state index is 11.7. The topological polar surface area (TPSA) is 49.3 Å². The fourth-order valence-corrected chi connectivity index (χ4v) is 2.14. The molecule has 0 aliphatic rings. The van der Waals surface area contributed by atoms with E-state index in [4.69, 9.17) is 11.6 Å². The fourth-order valence-electron chi connectivity index (χ4n) is 1.94. The molecule has 1 amide bonds. The molecule has 0 unspecified atom stereocenters. The summed E-state index contributed by atoms with van der Waals surface area (Å²) in [6.45, 7) is -0.0475. The Balaban J connectivity index is 2.54. The van der Waals surface area contributed by atoms with E-state index in [1.54, 1.807) is 19.2 Å². The molecule has 0 aliphatic carbocycles. The van der Waals surface area contributed by atoms with E-state index in [1.807, 2.05) is 30.3 Å². The Kier molecular flexibility index (Phi) is 4.20. The number of amides is 1. The van der Waals surface area contributed by atoms with Crippen molar-refractivity contribution in [2.45, 2.75) is 6.61 Å². The number of hydrogen-bond donors (Lipinski definition) is 2. The molecule has 19 heavy (non-hydrogen) atoms. The van der Waals surface area contributed by atoms with Crippen LogP contribution in [0.3, 0.4) is 0 Å². The van der Waals surface area contributed by atoms with E-state index in [-0.39, 0.29) is 12.5 Å². The number of aliphatic hydroxyl groups excluding tert-OH is 1. The van der Waals surface area contributed by atoms with Crippen molar-refractivity contribution in [3.63, 3.8) is 0 Å². The van der Waals surface area contributed by atoms with Crippen LogP contribution in [0.15, 0.2) is 42.5 Å². The predicted octanol–water partition coefficient (Wildman–Crippen LogP) is 2.86. The molecule has 2 N–H and O–H groups in total. The number of carbonyl (C=O) groups excluding carboxylic acids is 1. The first-order valence-electron chi connectivity index (χ1n) is 5.88. The van der Waals surface area contributed by atoms with Gasteiger partial charge in [-0.2, -0.15) is 0 Å². The summed E-state index contributed by atoms with van der Waals surface area (Å²) in [5, 5.41) is 12.3. The summed E-state index contributed by atoms with van der Waals surface area (Å²) < 4.78 is 0. The highest BCUT2D eigenvalue weighted by atomic mass is 35.5. The average Bonchev–Trinajstić information content (AvgIpc) is 2.47. The quantitative estimate of drug-likeness (QED) is 0.905. The minimum Gasteiger partial charge on any atom is -0.392 e. The van der Waals surface area contributed by atoms with Gasteiger partial charge in [0.05, 0.1) is 17.2 Å². The smallest absolute Gasteiger partial charge is 0.252 e. The molecule has 4 heteroatoms. The minimum absolute atomic E-state index is 0.0475. The van der Waals surface area contributed by atoms with Gasteiger partial charge >= 0.3 is 0 Å². The molecule has 0 spiro atoms. The van der Waals surface area contributed by atoms with E-state index in [0.29, 0.717) is 10.6 Å². The molecule has 2 rings (SSSR count). The van der Waals surface area contributed by atoms with Crippen LogP contribution >= 0.6 is 11.6 Å². The van der Waals surface area contributed by atoms with Crippen LogP contribution in [-0.4, -0.2) is 18.1 Å². The van der Waals surface area contributed by atoms with Crippen molar-refractivity contribution in [3.8, 4) is 11.1 Å². The lowest BCUT2D eigenvalue weighted by atomic mass is 9.98. The van der Waals surface area contributed by atoms with Crippen molar-refractivity contribution in [1.29, 1.82) is 0 Å². The Morgan fingerprint density at radius 3 is 2.68 bits per heavy atom. The fraction of sp³-hybridized carbons (Fsp3) is 0.133. The van der Waals surface area contributed by atoms with Crippen LogP contribution in [0.4, 0.5) is 0 Å². The van der Waals surface area contributed by atoms with Crippen molar-refractivity contribution < 1.29 is 9.90 Å². The molecule has 0 radical (unpaired) electrons. The number of halogens is 1. The molecule has 0 bridgehead atoms. The Morgan fingerprint density at radius 1 is 1.26 bits per heavy atom. The molecule has 0 saturated heterocycles. The van der Waals surface area contributed by atoms with Gasteiger partial charge in [0.15, 0.2) is 0 Å². The summed E-state index contributed by atoms with van der Waals surface area (Å²) in [5.74, 6) is -0.228. The van der Waals surface area contributed by atoms with Gasteiger partial charge < -0.3 is 10.4 Å². The van der Waals surface area contributed by atoms with Gasteiger partial charge in [0.1, 0.15) is 0 Å². The van der Waals surface area contributed by atoms with Crippen molar-refractivity contribution in [2.24, 2.45) is 0 Å². The highest BCUT2D eigenvalue weighted by Crippen LogP contribution is 2.27. The molecule has 0 heterocycles. The lowest BCUT2D eigenvalue weighted by Crippen LogP contribution is -2.18. The number of hydrogen-bond acceptors (Lipinski definition) is 2. The monoisotopic (exact) mass is 275 g/mol. The molecule has 0 saturated carbocycles. The zero-order valence-electron chi connectivity index (χ0n) is 10.5. The van der Waals surface area contributed by atoms with Gasteiger partial charge in [0.25, 0.3) is 5.91 Å². The Labute approximate surface area is 116 Å². The van der Waals surface area contributed by atoms with E-state index in [1.165, 1.54) is 0 Å². The van der Waals surface area contributed by atoms with Gasteiger partial charge in [-0.1, -0.05) is 41.9 Å². The molecule has 98 valence electrons. The summed E-state index contributed by atoms with van der Waals surface area (Å²) >= 11 is 6.02. The van der Waals surface area contributed by atoms with Gasteiger partial charge in [0.2, 0.25) is 0 Å². The second-order valence-electron chi connectivity index (χ2n) is 4.09. The summed E-state index contributed by atoms with van der Waals surface area (Å²) in [4.78, 5) is 11.7. The van der Waals surface area contributed by atoms with Gasteiger partial charge in [-0.3, -0.25) is 4.79 Å². The summed E-state index contributed by atoms with van der Waals surface area (Å²) in [5.41, 5.74) is 2.99. The van der Waals surface area contributed by atoms with Crippen LogP contribution in [0.2, 0.25) is 5.02 Å². The van der Waals surface area contributed by atoms with E-state index in [0.717, 1.165) is 16.7 Å². The maximum Gasteiger partial charge on any atom is 0.252 e. The van der Waals surface area contributed by atoms with Crippen LogP contribution in [0.1, 0.15) is 15.9 Å². The maximum atomic E-state index is 11.7. The van der Waals surface area contributed by atoms with Crippen molar-refractivity contribution in [2.75, 3.05) is 7.05 Å². The molecule has 2 aromatic carbocycles. The third kappa shape index (κ3) is 2.78. The minimum atomic E-state index is -0.228. The predicted molar refractivity (Wildman–Crippen MR) is 76.2 cm³/mol. The van der Waals surface area contributed by atoms with Crippen LogP contribution in [-0.2, 0) is 6.61 Å². The van der Waals surface area contributed by atoms with Gasteiger partial charge in [-0.25, -0.2) is 0 Å². The van der Waals surface area contributed by atoms with Crippen LogP contribution in [0.5, 0.6) is 0 Å². The summed E-state index contributed by atoms with van der Waals surface area (Å²) in [7, 11) is 1.56. The average molecular weight is 276 g/mol. The highest BCUT2D eigenvalue weighted by molar-refractivity contribution is 6.34. The number of carbonyl (C=O) groups is 1. The molecular weight excluding hydrogens is 262 g/mol. The zero-order chi connectivity index (χ0) is 13.8. The Bertz CT molecular complexity index is 611. The summed E-state index contributed by atoms with van der Waals surface area (Å²) in [6, 6.07) is 12.8. The largest absolute Gasteiger partial charge is 0.392 e. The SMILES string of the molecule is CNC(=O)c1cc(-c2ccccc2CO)ccc1Cl. The molecule has 3 nitrogen and oxygen atoms in total. The Hall–Kier alpha value is -1.84. The normalized spacial score (nSPS) is 10.3. The van der Waals surface area contributed by atoms with E-state index >= 15 is 0 Å². The first-order valence-corrected chi connectivity index (χ1v) is 6.26. The van der Waals surface area contributed by atoms with Crippen molar-refractivity contribution in [3.05, 3.63) is 58.6 Å². The number of nitrogens with one attached hydrogen (secondary N) is 1. The standard InChI is InChI=1S/C15H14ClNO2/c1-17-15(19)13-8-10(6-7-14(13)16)12-5-3-2-4-11(12)9-18/h2-8,18H,9H2,1H3,(H,17,19). The van der Waals surface area contributed by atoms with Crippen LogP contribution in [0, 0.1) is 0 Å². The second kappa shape index (κ2) is 5.87. The third-order valence-corrected chi connectivity index (χ3v) is 3.27. The second-order valence-corrected chi connectivity index (χ2v) is 4.50. The molecule has 0 aromatic heterocycles. The van der Waals surface area contributed by atoms with E-state index in [9.17, 15) is 9.90 Å². The van der Waals surface area contributed by atoms with E-state index < -0.39 is 0 Å². The van der Waals surface area contributed by atoms with Gasteiger partial charge in [-0.15, -0.1) is 0 Å². The molecule has 0 fully saturated rings. The first-order chi connectivity index (χ1) is 9.17. The van der Waals surface area contributed by atoms with Gasteiger partial charge in [0, 0.05) is 7.05 Å². The lowest BCUT2D eigenvalue weighted by molar-refractivity contribution is 0.0963. The molecule has 2 aromatic rings.